The molecule has 0 aliphatic carbocycles. The van der Waals surface area contributed by atoms with E-state index < -0.39 is 4.92 Å². The molecule has 0 fully saturated rings. The molecule has 0 radical (unpaired) electrons. The van der Waals surface area contributed by atoms with Crippen molar-refractivity contribution in [2.24, 2.45) is 0 Å². The van der Waals surface area contributed by atoms with Crippen molar-refractivity contribution in [1.82, 2.24) is 0 Å². The molecule has 0 saturated heterocycles. The van der Waals surface area contributed by atoms with E-state index in [0.29, 0.717) is 17.9 Å². The van der Waals surface area contributed by atoms with E-state index in [2.05, 4.69) is 5.32 Å². The first-order chi connectivity index (χ1) is 7.54. The largest absolute Gasteiger partial charge is 0.397 e. The average molecular weight is 225 g/mol. The summed E-state index contributed by atoms with van der Waals surface area (Å²) in [6.07, 6.45) is 0.0505. The van der Waals surface area contributed by atoms with Crippen molar-refractivity contribution >= 4 is 17.1 Å². The molecule has 0 bridgehead atoms. The van der Waals surface area contributed by atoms with Gasteiger partial charge in [-0.15, -0.1) is 0 Å². The predicted octanol–water partition coefficient (Wildman–Crippen LogP) is 1.62. The van der Waals surface area contributed by atoms with E-state index in [1.54, 1.807) is 13.2 Å². The zero-order chi connectivity index (χ0) is 12.1. The van der Waals surface area contributed by atoms with E-state index in [-0.39, 0.29) is 11.8 Å². The van der Waals surface area contributed by atoms with Gasteiger partial charge in [-0.05, 0) is 13.0 Å². The maximum atomic E-state index is 10.5. The van der Waals surface area contributed by atoms with Crippen LogP contribution in [0.25, 0.3) is 0 Å². The quantitative estimate of drug-likeness (QED) is 0.451. The predicted molar refractivity (Wildman–Crippen MR) is 62.5 cm³/mol. The molecule has 16 heavy (non-hydrogen) atoms. The zero-order valence-corrected chi connectivity index (χ0v) is 9.27. The van der Waals surface area contributed by atoms with Gasteiger partial charge in [0.1, 0.15) is 0 Å². The van der Waals surface area contributed by atoms with Crippen LogP contribution in [-0.4, -0.2) is 24.7 Å². The van der Waals surface area contributed by atoms with Gasteiger partial charge in [-0.2, -0.15) is 0 Å². The summed E-state index contributed by atoms with van der Waals surface area (Å²) in [6.45, 7) is 2.51. The van der Waals surface area contributed by atoms with Crippen molar-refractivity contribution in [2.45, 2.75) is 13.0 Å². The number of nitro benzene ring substituents is 1. The Kier molecular flexibility index (Phi) is 4.07. The van der Waals surface area contributed by atoms with Crippen LogP contribution in [0.4, 0.5) is 17.1 Å². The van der Waals surface area contributed by atoms with Crippen LogP contribution in [-0.2, 0) is 4.74 Å². The highest BCUT2D eigenvalue weighted by Gasteiger charge is 2.08. The number of nitro groups is 1. The molecule has 0 aliphatic rings. The molecule has 1 aromatic carbocycles. The van der Waals surface area contributed by atoms with Gasteiger partial charge < -0.3 is 15.8 Å². The van der Waals surface area contributed by atoms with Crippen LogP contribution in [0.3, 0.4) is 0 Å². The summed E-state index contributed by atoms with van der Waals surface area (Å²) in [5.74, 6) is 0. The van der Waals surface area contributed by atoms with Crippen molar-refractivity contribution in [2.75, 3.05) is 24.7 Å². The summed E-state index contributed by atoms with van der Waals surface area (Å²) in [5, 5.41) is 13.5. The van der Waals surface area contributed by atoms with Crippen LogP contribution in [0.15, 0.2) is 18.2 Å². The highest BCUT2D eigenvalue weighted by Crippen LogP contribution is 2.23. The van der Waals surface area contributed by atoms with E-state index in [9.17, 15) is 10.1 Å². The number of nitrogens with two attached hydrogens (primary N) is 1. The summed E-state index contributed by atoms with van der Waals surface area (Å²) in [6, 6.07) is 4.34. The van der Waals surface area contributed by atoms with E-state index in [0.717, 1.165) is 0 Å². The molecule has 0 heterocycles. The number of hydrogen-bond donors (Lipinski definition) is 2. The maximum Gasteiger partial charge on any atom is 0.271 e. The monoisotopic (exact) mass is 225 g/mol. The van der Waals surface area contributed by atoms with Gasteiger partial charge >= 0.3 is 0 Å². The van der Waals surface area contributed by atoms with Gasteiger partial charge in [0.25, 0.3) is 5.69 Å². The number of methoxy groups -OCH3 is 1. The third-order valence-electron chi connectivity index (χ3n) is 2.23. The van der Waals surface area contributed by atoms with Crippen molar-refractivity contribution in [1.29, 1.82) is 0 Å². The number of anilines is 2. The van der Waals surface area contributed by atoms with E-state index >= 15 is 0 Å². The summed E-state index contributed by atoms with van der Waals surface area (Å²) in [5.41, 5.74) is 6.70. The topological polar surface area (TPSA) is 90.4 Å². The molecular weight excluding hydrogens is 210 g/mol. The second kappa shape index (κ2) is 5.32. The number of rotatable bonds is 5. The van der Waals surface area contributed by atoms with Gasteiger partial charge in [-0.3, -0.25) is 10.1 Å². The second-order valence-corrected chi connectivity index (χ2v) is 3.46. The minimum Gasteiger partial charge on any atom is -0.397 e. The molecule has 0 aromatic heterocycles. The molecule has 3 N–H and O–H groups in total. The molecule has 0 aliphatic heterocycles. The lowest BCUT2D eigenvalue weighted by Gasteiger charge is -2.13. The Morgan fingerprint density at radius 3 is 2.81 bits per heavy atom. The van der Waals surface area contributed by atoms with Gasteiger partial charge in [-0.25, -0.2) is 0 Å². The molecule has 1 rings (SSSR count). The smallest absolute Gasteiger partial charge is 0.271 e. The van der Waals surface area contributed by atoms with Crippen molar-refractivity contribution in [3.63, 3.8) is 0 Å². The first kappa shape index (κ1) is 12.3. The lowest BCUT2D eigenvalue weighted by atomic mass is 10.2. The fourth-order valence-electron chi connectivity index (χ4n) is 1.16. The molecule has 0 spiro atoms. The Labute approximate surface area is 93.5 Å². The molecular formula is C10H15N3O3. The Hall–Kier alpha value is -1.82. The third kappa shape index (κ3) is 3.09. The minimum atomic E-state index is -0.474. The Balaban J connectivity index is 2.72. The van der Waals surface area contributed by atoms with Gasteiger partial charge in [0.15, 0.2) is 0 Å². The summed E-state index contributed by atoms with van der Waals surface area (Å²) >= 11 is 0. The van der Waals surface area contributed by atoms with Crippen molar-refractivity contribution < 1.29 is 9.66 Å². The summed E-state index contributed by atoms with van der Waals surface area (Å²) in [4.78, 5) is 10.0. The van der Waals surface area contributed by atoms with Crippen LogP contribution in [0.1, 0.15) is 6.92 Å². The maximum absolute atomic E-state index is 10.5. The normalized spacial score (nSPS) is 12.1. The zero-order valence-electron chi connectivity index (χ0n) is 9.27. The number of nitrogens with zero attached hydrogens (tertiary/aromatic N) is 1. The van der Waals surface area contributed by atoms with E-state index in [1.807, 2.05) is 6.92 Å². The highest BCUT2D eigenvalue weighted by atomic mass is 16.6. The molecule has 0 amide bonds. The minimum absolute atomic E-state index is 0.0113. The number of hydrogen-bond acceptors (Lipinski definition) is 5. The molecule has 6 nitrogen and oxygen atoms in total. The van der Waals surface area contributed by atoms with Crippen molar-refractivity contribution in [3.05, 3.63) is 28.3 Å². The highest BCUT2D eigenvalue weighted by molar-refractivity contribution is 5.69. The van der Waals surface area contributed by atoms with Crippen LogP contribution in [0, 0.1) is 10.1 Å². The van der Waals surface area contributed by atoms with Crippen LogP contribution >= 0.6 is 0 Å². The van der Waals surface area contributed by atoms with E-state index in [4.69, 9.17) is 10.5 Å². The average Bonchev–Trinajstić information content (AvgIpc) is 2.26. The van der Waals surface area contributed by atoms with Crippen molar-refractivity contribution in [3.8, 4) is 0 Å². The third-order valence-corrected chi connectivity index (χ3v) is 2.23. The fraction of sp³-hybridized carbons (Fsp3) is 0.400. The van der Waals surface area contributed by atoms with Gasteiger partial charge in [0.2, 0.25) is 0 Å². The SMILES string of the molecule is COC(C)CNc1ccc([N+](=O)[O-])cc1N. The molecule has 1 atom stereocenters. The van der Waals surface area contributed by atoms with Crippen LogP contribution < -0.4 is 11.1 Å². The summed E-state index contributed by atoms with van der Waals surface area (Å²) in [7, 11) is 1.62. The van der Waals surface area contributed by atoms with Gasteiger partial charge in [0, 0.05) is 25.8 Å². The summed E-state index contributed by atoms with van der Waals surface area (Å²) < 4.78 is 5.06. The first-order valence-electron chi connectivity index (χ1n) is 4.85. The first-order valence-corrected chi connectivity index (χ1v) is 4.85. The molecule has 1 unspecified atom stereocenters. The fourth-order valence-corrected chi connectivity index (χ4v) is 1.16. The van der Waals surface area contributed by atoms with Gasteiger partial charge in [-0.1, -0.05) is 0 Å². The number of ether oxygens (including phenoxy) is 1. The standard InChI is InChI=1S/C10H15N3O3/c1-7(16-2)6-12-10-4-3-8(13(14)15)5-9(10)11/h3-5,7,12H,6,11H2,1-2H3. The number of nitrogens with one attached hydrogen (secondary N) is 1. The lowest BCUT2D eigenvalue weighted by molar-refractivity contribution is -0.384. The Morgan fingerprint density at radius 2 is 2.31 bits per heavy atom. The van der Waals surface area contributed by atoms with Gasteiger partial charge in [0.05, 0.1) is 22.4 Å². The molecule has 6 heteroatoms. The Morgan fingerprint density at radius 1 is 1.62 bits per heavy atom. The van der Waals surface area contributed by atoms with Crippen LogP contribution in [0.5, 0.6) is 0 Å². The molecule has 1 aromatic rings. The number of nitrogen functional groups attached to an aromatic ring is 1. The lowest BCUT2D eigenvalue weighted by Crippen LogP contribution is -2.18. The Bertz CT molecular complexity index is 382. The van der Waals surface area contributed by atoms with E-state index in [1.165, 1.54) is 12.1 Å². The number of benzene rings is 1. The second-order valence-electron chi connectivity index (χ2n) is 3.46. The molecule has 88 valence electrons. The van der Waals surface area contributed by atoms with Crippen LogP contribution in [0.2, 0.25) is 0 Å². The molecule has 0 saturated carbocycles. The number of non-ortho nitro benzene ring substituents is 1.